The van der Waals surface area contributed by atoms with Gasteiger partial charge in [-0.3, -0.25) is 0 Å². The number of imidazole rings is 1. The highest BCUT2D eigenvalue weighted by atomic mass is 35.5. The molecule has 6 heteroatoms. The average Bonchev–Trinajstić information content (AvgIpc) is 2.96. The highest BCUT2D eigenvalue weighted by Gasteiger charge is 2.19. The summed E-state index contributed by atoms with van der Waals surface area (Å²) >= 11 is 6.30. The summed E-state index contributed by atoms with van der Waals surface area (Å²) in [6, 6.07) is 1.96. The minimum atomic E-state index is -0.195. The van der Waals surface area contributed by atoms with E-state index >= 15 is 0 Å². The zero-order chi connectivity index (χ0) is 15.1. The maximum absolute atomic E-state index is 6.30. The molecule has 110 valence electrons. The SMILES string of the molecule is Cc1noc(C)c1Cn1c(C(C)Cl)nc2c(C)ccnc21. The molecule has 5 nitrogen and oxygen atoms in total. The third-order valence-electron chi connectivity index (χ3n) is 3.72. The van der Waals surface area contributed by atoms with Crippen molar-refractivity contribution in [1.82, 2.24) is 19.7 Å². The highest BCUT2D eigenvalue weighted by Crippen LogP contribution is 2.27. The lowest BCUT2D eigenvalue weighted by atomic mass is 10.2. The summed E-state index contributed by atoms with van der Waals surface area (Å²) in [6.07, 6.45) is 1.80. The number of nitrogens with zero attached hydrogens (tertiary/aromatic N) is 4. The van der Waals surface area contributed by atoms with Crippen LogP contribution in [0.1, 0.15) is 40.7 Å². The minimum absolute atomic E-state index is 0.195. The molecule has 3 aromatic heterocycles. The normalized spacial score (nSPS) is 13.0. The van der Waals surface area contributed by atoms with Crippen LogP contribution in [0.4, 0.5) is 0 Å². The Labute approximate surface area is 127 Å². The summed E-state index contributed by atoms with van der Waals surface area (Å²) in [5, 5.41) is 3.81. The van der Waals surface area contributed by atoms with E-state index in [-0.39, 0.29) is 5.38 Å². The van der Waals surface area contributed by atoms with Crippen molar-refractivity contribution in [1.29, 1.82) is 0 Å². The van der Waals surface area contributed by atoms with Gasteiger partial charge in [0.25, 0.3) is 0 Å². The summed E-state index contributed by atoms with van der Waals surface area (Å²) in [4.78, 5) is 9.14. The van der Waals surface area contributed by atoms with Gasteiger partial charge in [0.05, 0.1) is 17.6 Å². The topological polar surface area (TPSA) is 56.7 Å². The lowest BCUT2D eigenvalue weighted by molar-refractivity contribution is 0.392. The van der Waals surface area contributed by atoms with Gasteiger partial charge in [-0.1, -0.05) is 5.16 Å². The molecule has 3 rings (SSSR count). The first-order valence-corrected chi connectivity index (χ1v) is 7.30. The second kappa shape index (κ2) is 5.15. The van der Waals surface area contributed by atoms with Gasteiger partial charge in [0, 0.05) is 11.8 Å². The Hall–Kier alpha value is -1.88. The molecule has 0 aliphatic rings. The van der Waals surface area contributed by atoms with Crippen LogP contribution in [0.2, 0.25) is 0 Å². The van der Waals surface area contributed by atoms with E-state index < -0.39 is 0 Å². The Bertz CT molecular complexity index is 784. The van der Waals surface area contributed by atoms with Gasteiger partial charge in [0.1, 0.15) is 17.1 Å². The molecular weight excluding hydrogens is 288 g/mol. The Kier molecular flexibility index (Phi) is 3.45. The molecule has 0 radical (unpaired) electrons. The van der Waals surface area contributed by atoms with Crippen LogP contribution in [-0.4, -0.2) is 19.7 Å². The number of fused-ring (bicyclic) bond motifs is 1. The summed E-state index contributed by atoms with van der Waals surface area (Å²) in [5.74, 6) is 1.63. The number of aryl methyl sites for hydroxylation is 3. The zero-order valence-electron chi connectivity index (χ0n) is 12.5. The molecule has 0 fully saturated rings. The lowest BCUT2D eigenvalue weighted by Crippen LogP contribution is -2.07. The van der Waals surface area contributed by atoms with Gasteiger partial charge < -0.3 is 9.09 Å². The second-order valence-corrected chi connectivity index (χ2v) is 5.93. The molecule has 0 bridgehead atoms. The fraction of sp³-hybridized carbons (Fsp3) is 0.400. The van der Waals surface area contributed by atoms with Crippen LogP contribution in [0.15, 0.2) is 16.8 Å². The maximum atomic E-state index is 6.30. The quantitative estimate of drug-likeness (QED) is 0.692. The van der Waals surface area contributed by atoms with Gasteiger partial charge in [-0.25, -0.2) is 9.97 Å². The Balaban J connectivity index is 2.21. The lowest BCUT2D eigenvalue weighted by Gasteiger charge is -2.09. The van der Waals surface area contributed by atoms with Crippen LogP contribution >= 0.6 is 11.6 Å². The first-order valence-electron chi connectivity index (χ1n) is 6.86. The molecule has 3 aromatic rings. The predicted octanol–water partition coefficient (Wildman–Crippen LogP) is 3.69. The first kappa shape index (κ1) is 14.1. The Morgan fingerprint density at radius 3 is 2.71 bits per heavy atom. The van der Waals surface area contributed by atoms with Crippen molar-refractivity contribution in [3.05, 3.63) is 40.7 Å². The van der Waals surface area contributed by atoms with Crippen LogP contribution in [0, 0.1) is 20.8 Å². The maximum Gasteiger partial charge on any atom is 0.160 e. The number of alkyl halides is 1. The van der Waals surface area contributed by atoms with Gasteiger partial charge in [0.15, 0.2) is 5.65 Å². The molecule has 0 saturated carbocycles. The molecule has 0 spiro atoms. The molecule has 0 amide bonds. The minimum Gasteiger partial charge on any atom is -0.361 e. The van der Waals surface area contributed by atoms with Gasteiger partial charge in [0.2, 0.25) is 0 Å². The fourth-order valence-corrected chi connectivity index (χ4v) is 2.67. The van der Waals surface area contributed by atoms with E-state index in [0.29, 0.717) is 6.54 Å². The summed E-state index contributed by atoms with van der Waals surface area (Å²) < 4.78 is 7.29. The van der Waals surface area contributed by atoms with Crippen LogP contribution in [0.25, 0.3) is 11.2 Å². The third-order valence-corrected chi connectivity index (χ3v) is 3.91. The largest absolute Gasteiger partial charge is 0.361 e. The average molecular weight is 305 g/mol. The molecule has 1 atom stereocenters. The fourth-order valence-electron chi connectivity index (χ4n) is 2.50. The van der Waals surface area contributed by atoms with Crippen molar-refractivity contribution in [2.75, 3.05) is 0 Å². The van der Waals surface area contributed by atoms with Crippen LogP contribution in [0.5, 0.6) is 0 Å². The van der Waals surface area contributed by atoms with Crippen LogP contribution in [0.3, 0.4) is 0 Å². The van der Waals surface area contributed by atoms with Crippen molar-refractivity contribution in [2.45, 2.75) is 39.6 Å². The molecule has 1 unspecified atom stereocenters. The van der Waals surface area contributed by atoms with Crippen molar-refractivity contribution >= 4 is 22.8 Å². The number of rotatable bonds is 3. The van der Waals surface area contributed by atoms with Crippen LogP contribution in [-0.2, 0) is 6.54 Å². The Morgan fingerprint density at radius 1 is 1.33 bits per heavy atom. The number of halogens is 1. The first-order chi connectivity index (χ1) is 9.99. The van der Waals surface area contributed by atoms with Crippen molar-refractivity contribution < 1.29 is 4.52 Å². The molecule has 21 heavy (non-hydrogen) atoms. The summed E-state index contributed by atoms with van der Waals surface area (Å²) in [6.45, 7) is 8.41. The standard InChI is InChI=1S/C15H17ClN4O/c1-8-5-6-17-15-13(8)18-14(9(2)16)20(15)7-12-10(3)19-21-11(12)4/h5-6,9H,7H2,1-4H3. The zero-order valence-corrected chi connectivity index (χ0v) is 13.3. The van der Waals surface area contributed by atoms with E-state index in [2.05, 4.69) is 15.1 Å². The predicted molar refractivity (Wildman–Crippen MR) is 81.6 cm³/mol. The monoisotopic (exact) mass is 304 g/mol. The number of hydrogen-bond donors (Lipinski definition) is 0. The smallest absolute Gasteiger partial charge is 0.160 e. The molecule has 0 aliphatic heterocycles. The van der Waals surface area contributed by atoms with Crippen molar-refractivity contribution in [3.8, 4) is 0 Å². The highest BCUT2D eigenvalue weighted by molar-refractivity contribution is 6.20. The number of hydrogen-bond acceptors (Lipinski definition) is 4. The number of aromatic nitrogens is 4. The van der Waals surface area contributed by atoms with E-state index in [9.17, 15) is 0 Å². The van der Waals surface area contributed by atoms with Gasteiger partial charge in [-0.05, 0) is 39.3 Å². The van der Waals surface area contributed by atoms with Crippen molar-refractivity contribution in [3.63, 3.8) is 0 Å². The van der Waals surface area contributed by atoms with Crippen molar-refractivity contribution in [2.24, 2.45) is 0 Å². The van der Waals surface area contributed by atoms with Crippen LogP contribution < -0.4 is 0 Å². The molecule has 0 aromatic carbocycles. The summed E-state index contributed by atoms with van der Waals surface area (Å²) in [7, 11) is 0. The van der Waals surface area contributed by atoms with E-state index in [1.807, 2.05) is 38.3 Å². The molecular formula is C15H17ClN4O. The molecule has 0 aliphatic carbocycles. The summed E-state index contributed by atoms with van der Waals surface area (Å²) in [5.41, 5.74) is 4.77. The van der Waals surface area contributed by atoms with E-state index in [1.165, 1.54) is 0 Å². The van der Waals surface area contributed by atoms with Gasteiger partial charge in [-0.15, -0.1) is 11.6 Å². The third kappa shape index (κ3) is 2.31. The molecule has 3 heterocycles. The molecule has 0 saturated heterocycles. The Morgan fingerprint density at radius 2 is 2.10 bits per heavy atom. The second-order valence-electron chi connectivity index (χ2n) is 5.27. The van der Waals surface area contributed by atoms with Gasteiger partial charge >= 0.3 is 0 Å². The van der Waals surface area contributed by atoms with E-state index in [1.54, 1.807) is 6.20 Å². The van der Waals surface area contributed by atoms with E-state index in [0.717, 1.165) is 39.6 Å². The van der Waals surface area contributed by atoms with E-state index in [4.69, 9.17) is 16.1 Å². The molecule has 0 N–H and O–H groups in total. The number of pyridine rings is 1. The van der Waals surface area contributed by atoms with Gasteiger partial charge in [-0.2, -0.15) is 0 Å².